The molecule has 0 bridgehead atoms. The molecule has 2 rings (SSSR count). The summed E-state index contributed by atoms with van der Waals surface area (Å²) in [6, 6.07) is 9.63. The zero-order valence-electron chi connectivity index (χ0n) is 10.4. The number of aliphatic hydroxyl groups is 1. The summed E-state index contributed by atoms with van der Waals surface area (Å²) in [5.41, 5.74) is 1.49. The third kappa shape index (κ3) is 4.10. The van der Waals surface area contributed by atoms with Gasteiger partial charge in [0, 0.05) is 16.5 Å². The monoisotopic (exact) mass is 332 g/mol. The lowest BCUT2D eigenvalue weighted by atomic mass is 10.0. The lowest BCUT2D eigenvalue weighted by Gasteiger charge is -2.12. The molecule has 1 nitrogen and oxygen atoms in total. The van der Waals surface area contributed by atoms with Crippen LogP contribution in [0.15, 0.2) is 36.4 Å². The molecule has 1 unspecified atom stereocenters. The second-order valence-electron chi connectivity index (χ2n) is 4.55. The number of halogens is 4. The van der Waals surface area contributed by atoms with Crippen LogP contribution in [-0.2, 0) is 12.8 Å². The zero-order chi connectivity index (χ0) is 14.7. The van der Waals surface area contributed by atoms with Crippen molar-refractivity contribution in [1.29, 1.82) is 0 Å². The molecular weight excluding hydrogens is 322 g/mol. The lowest BCUT2D eigenvalue weighted by molar-refractivity contribution is 0.175. The highest BCUT2D eigenvalue weighted by molar-refractivity contribution is 6.35. The smallest absolute Gasteiger partial charge is 0.142 e. The van der Waals surface area contributed by atoms with Crippen molar-refractivity contribution in [3.8, 4) is 0 Å². The molecule has 1 atom stereocenters. The maximum absolute atomic E-state index is 13.3. The van der Waals surface area contributed by atoms with E-state index in [9.17, 15) is 9.50 Å². The number of hydrogen-bond acceptors (Lipinski definition) is 1. The predicted molar refractivity (Wildman–Crippen MR) is 81.3 cm³/mol. The fourth-order valence-electron chi connectivity index (χ4n) is 1.95. The van der Waals surface area contributed by atoms with Crippen LogP contribution in [0, 0.1) is 5.82 Å². The van der Waals surface area contributed by atoms with E-state index in [-0.39, 0.29) is 5.02 Å². The minimum absolute atomic E-state index is 0.0731. The summed E-state index contributed by atoms with van der Waals surface area (Å²) in [7, 11) is 0. The van der Waals surface area contributed by atoms with Crippen LogP contribution in [0.1, 0.15) is 11.1 Å². The van der Waals surface area contributed by atoms with Crippen LogP contribution < -0.4 is 0 Å². The minimum Gasteiger partial charge on any atom is -0.392 e. The Labute approximate surface area is 131 Å². The third-order valence-electron chi connectivity index (χ3n) is 2.93. The second-order valence-corrected chi connectivity index (χ2v) is 5.80. The fraction of sp³-hybridized carbons (Fsp3) is 0.200. The molecule has 0 heterocycles. The fourth-order valence-corrected chi connectivity index (χ4v) is 2.56. The van der Waals surface area contributed by atoms with Crippen molar-refractivity contribution in [1.82, 2.24) is 0 Å². The van der Waals surface area contributed by atoms with Crippen molar-refractivity contribution in [2.75, 3.05) is 0 Å². The zero-order valence-corrected chi connectivity index (χ0v) is 12.7. The van der Waals surface area contributed by atoms with E-state index in [0.717, 1.165) is 5.56 Å². The number of benzene rings is 2. The second kappa shape index (κ2) is 6.77. The molecule has 0 aliphatic rings. The Balaban J connectivity index is 2.04. The van der Waals surface area contributed by atoms with E-state index >= 15 is 0 Å². The number of rotatable bonds is 4. The molecule has 0 radical (unpaired) electrons. The van der Waals surface area contributed by atoms with E-state index in [1.165, 1.54) is 12.1 Å². The van der Waals surface area contributed by atoms with Gasteiger partial charge in [0.25, 0.3) is 0 Å². The molecule has 0 aliphatic carbocycles. The largest absolute Gasteiger partial charge is 0.392 e. The van der Waals surface area contributed by atoms with E-state index in [0.29, 0.717) is 28.5 Å². The average molecular weight is 334 g/mol. The van der Waals surface area contributed by atoms with E-state index in [2.05, 4.69) is 0 Å². The first-order valence-corrected chi connectivity index (χ1v) is 7.15. The molecule has 0 fully saturated rings. The Hall–Kier alpha value is -0.800. The van der Waals surface area contributed by atoms with Gasteiger partial charge in [0.2, 0.25) is 0 Å². The van der Waals surface area contributed by atoms with Crippen molar-refractivity contribution < 1.29 is 9.50 Å². The van der Waals surface area contributed by atoms with Gasteiger partial charge in [0.05, 0.1) is 11.1 Å². The lowest BCUT2D eigenvalue weighted by Crippen LogP contribution is -2.14. The van der Waals surface area contributed by atoms with Crippen LogP contribution in [0.4, 0.5) is 4.39 Å². The Bertz CT molecular complexity index is 616. The summed E-state index contributed by atoms with van der Waals surface area (Å²) in [5.74, 6) is -0.485. The normalized spacial score (nSPS) is 12.4. The van der Waals surface area contributed by atoms with Crippen molar-refractivity contribution in [2.24, 2.45) is 0 Å². The first-order valence-electron chi connectivity index (χ1n) is 6.01. The highest BCUT2D eigenvalue weighted by Crippen LogP contribution is 2.23. The summed E-state index contributed by atoms with van der Waals surface area (Å²) in [6.07, 6.45) is 0.0436. The Morgan fingerprint density at radius 3 is 2.35 bits per heavy atom. The van der Waals surface area contributed by atoms with Crippen LogP contribution in [0.3, 0.4) is 0 Å². The molecule has 0 saturated carbocycles. The minimum atomic E-state index is -0.658. The van der Waals surface area contributed by atoms with Crippen LogP contribution >= 0.6 is 34.8 Å². The van der Waals surface area contributed by atoms with Gasteiger partial charge in [-0.25, -0.2) is 4.39 Å². The van der Waals surface area contributed by atoms with Gasteiger partial charge in [-0.3, -0.25) is 0 Å². The summed E-state index contributed by atoms with van der Waals surface area (Å²) >= 11 is 17.5. The van der Waals surface area contributed by atoms with Crippen molar-refractivity contribution in [3.05, 3.63) is 68.4 Å². The van der Waals surface area contributed by atoms with Gasteiger partial charge < -0.3 is 5.11 Å². The van der Waals surface area contributed by atoms with Gasteiger partial charge in [-0.05, 0) is 41.8 Å². The van der Waals surface area contributed by atoms with Gasteiger partial charge >= 0.3 is 0 Å². The van der Waals surface area contributed by atoms with Gasteiger partial charge in [0.15, 0.2) is 0 Å². The van der Waals surface area contributed by atoms with Crippen molar-refractivity contribution in [2.45, 2.75) is 18.9 Å². The van der Waals surface area contributed by atoms with E-state index < -0.39 is 11.9 Å². The molecule has 2 aromatic rings. The maximum atomic E-state index is 13.3. The van der Waals surface area contributed by atoms with Crippen LogP contribution in [-0.4, -0.2) is 11.2 Å². The summed E-state index contributed by atoms with van der Waals surface area (Å²) in [5, 5.41) is 11.2. The highest BCUT2D eigenvalue weighted by Gasteiger charge is 2.11. The molecule has 0 amide bonds. The molecule has 20 heavy (non-hydrogen) atoms. The number of hydrogen-bond donors (Lipinski definition) is 1. The summed E-state index contributed by atoms with van der Waals surface area (Å²) in [6.45, 7) is 0. The Kier molecular flexibility index (Phi) is 5.28. The molecule has 2 aromatic carbocycles. The molecule has 0 saturated heterocycles. The first kappa shape index (κ1) is 15.6. The standard InChI is InChI=1S/C15H12Cl3FO/c16-11-3-2-10(14(18)8-11)7-12(20)5-9-1-4-13(17)15(19)6-9/h1-4,6,8,12,20H,5,7H2. The quantitative estimate of drug-likeness (QED) is 0.841. The molecule has 1 N–H and O–H groups in total. The Morgan fingerprint density at radius 1 is 0.950 bits per heavy atom. The van der Waals surface area contributed by atoms with Crippen LogP contribution in [0.2, 0.25) is 15.1 Å². The predicted octanol–water partition coefficient (Wildman–Crippen LogP) is 4.93. The van der Waals surface area contributed by atoms with Crippen molar-refractivity contribution >= 4 is 34.8 Å². The first-order chi connectivity index (χ1) is 9.45. The maximum Gasteiger partial charge on any atom is 0.142 e. The van der Waals surface area contributed by atoms with Gasteiger partial charge in [-0.1, -0.05) is 46.9 Å². The van der Waals surface area contributed by atoms with Gasteiger partial charge in [0.1, 0.15) is 5.82 Å². The number of aliphatic hydroxyl groups excluding tert-OH is 1. The molecule has 5 heteroatoms. The Morgan fingerprint density at radius 2 is 1.70 bits per heavy atom. The molecule has 0 spiro atoms. The summed E-state index contributed by atoms with van der Waals surface area (Å²) in [4.78, 5) is 0. The third-order valence-corrected chi connectivity index (χ3v) is 3.82. The van der Waals surface area contributed by atoms with E-state index in [1.807, 2.05) is 0 Å². The topological polar surface area (TPSA) is 20.2 Å². The molecule has 0 aliphatic heterocycles. The average Bonchev–Trinajstić information content (AvgIpc) is 2.37. The molecule has 106 valence electrons. The SMILES string of the molecule is OC(Cc1ccc(Cl)c(F)c1)Cc1ccc(Cl)cc1Cl. The van der Waals surface area contributed by atoms with Crippen LogP contribution in [0.5, 0.6) is 0 Å². The van der Waals surface area contributed by atoms with E-state index in [1.54, 1.807) is 24.3 Å². The summed E-state index contributed by atoms with van der Waals surface area (Å²) < 4.78 is 13.3. The van der Waals surface area contributed by atoms with E-state index in [4.69, 9.17) is 34.8 Å². The highest BCUT2D eigenvalue weighted by atomic mass is 35.5. The van der Waals surface area contributed by atoms with Crippen LogP contribution in [0.25, 0.3) is 0 Å². The van der Waals surface area contributed by atoms with Crippen molar-refractivity contribution in [3.63, 3.8) is 0 Å². The van der Waals surface area contributed by atoms with Gasteiger partial charge in [-0.2, -0.15) is 0 Å². The van der Waals surface area contributed by atoms with Gasteiger partial charge in [-0.15, -0.1) is 0 Å². The molecular formula is C15H12Cl3FO. The molecule has 0 aromatic heterocycles.